The van der Waals surface area contributed by atoms with Gasteiger partial charge in [0.2, 0.25) is 0 Å². The predicted molar refractivity (Wildman–Crippen MR) is 133 cm³/mol. The van der Waals surface area contributed by atoms with E-state index in [-0.39, 0.29) is 24.0 Å². The Hall–Kier alpha value is -1.81. The Morgan fingerprint density at radius 2 is 2.00 bits per heavy atom. The number of nitrogens with zero attached hydrogens (tertiary/aromatic N) is 4. The molecule has 170 valence electrons. The average molecular weight is 539 g/mol. The molecule has 31 heavy (non-hydrogen) atoms. The molecular formula is C23H34IN5O2. The lowest BCUT2D eigenvalue weighted by Gasteiger charge is -2.36. The van der Waals surface area contributed by atoms with Crippen molar-refractivity contribution in [3.8, 4) is 5.75 Å². The molecule has 2 fully saturated rings. The predicted octanol–water partition coefficient (Wildman–Crippen LogP) is 3.82. The maximum Gasteiger partial charge on any atom is 0.194 e. The van der Waals surface area contributed by atoms with Crippen LogP contribution in [0.25, 0.3) is 0 Å². The first-order valence-corrected chi connectivity index (χ1v) is 11.1. The van der Waals surface area contributed by atoms with Gasteiger partial charge in [0.05, 0.1) is 18.3 Å². The fourth-order valence-electron chi connectivity index (χ4n) is 3.84. The molecular weight excluding hydrogens is 505 g/mol. The summed E-state index contributed by atoms with van der Waals surface area (Å²) in [6.45, 7) is 10.2. The van der Waals surface area contributed by atoms with Gasteiger partial charge in [0.25, 0.3) is 0 Å². The molecule has 2 aliphatic rings. The molecule has 1 aliphatic heterocycles. The molecule has 0 bridgehead atoms. The Kier molecular flexibility index (Phi) is 9.01. The van der Waals surface area contributed by atoms with Crippen molar-refractivity contribution in [2.24, 2.45) is 4.99 Å². The van der Waals surface area contributed by atoms with Gasteiger partial charge in [0, 0.05) is 50.9 Å². The number of piperazine rings is 1. The second-order valence-electron chi connectivity index (χ2n) is 8.14. The summed E-state index contributed by atoms with van der Waals surface area (Å²) in [5, 5.41) is 7.58. The Bertz CT molecular complexity index is 844. The molecule has 1 aliphatic carbocycles. The number of para-hydroxylation sites is 1. The number of halogens is 1. The van der Waals surface area contributed by atoms with Crippen LogP contribution >= 0.6 is 24.0 Å². The summed E-state index contributed by atoms with van der Waals surface area (Å²) in [4.78, 5) is 9.70. The van der Waals surface area contributed by atoms with E-state index in [1.165, 1.54) is 19.3 Å². The maximum atomic E-state index is 6.17. The third-order valence-electron chi connectivity index (χ3n) is 5.79. The highest BCUT2D eigenvalue weighted by atomic mass is 127. The smallest absolute Gasteiger partial charge is 0.194 e. The number of benzene rings is 1. The van der Waals surface area contributed by atoms with E-state index in [4.69, 9.17) is 14.3 Å². The van der Waals surface area contributed by atoms with Crippen LogP contribution in [0.15, 0.2) is 39.8 Å². The van der Waals surface area contributed by atoms with E-state index in [9.17, 15) is 0 Å². The van der Waals surface area contributed by atoms with Crippen molar-refractivity contribution in [1.82, 2.24) is 20.3 Å². The van der Waals surface area contributed by atoms with Crippen molar-refractivity contribution in [3.63, 3.8) is 0 Å². The van der Waals surface area contributed by atoms with Gasteiger partial charge in [-0.15, -0.1) is 24.0 Å². The minimum atomic E-state index is 0. The molecule has 1 saturated carbocycles. The molecule has 1 aromatic heterocycles. The summed E-state index contributed by atoms with van der Waals surface area (Å²) in [5.74, 6) is 2.83. The van der Waals surface area contributed by atoms with Gasteiger partial charge in [-0.3, -0.25) is 4.90 Å². The number of ether oxygens (including phenoxy) is 1. The van der Waals surface area contributed by atoms with Gasteiger partial charge >= 0.3 is 0 Å². The third kappa shape index (κ3) is 6.58. The first-order valence-electron chi connectivity index (χ1n) is 11.1. The van der Waals surface area contributed by atoms with E-state index in [0.29, 0.717) is 12.6 Å². The van der Waals surface area contributed by atoms with Crippen molar-refractivity contribution < 1.29 is 9.26 Å². The molecule has 1 aromatic carbocycles. The van der Waals surface area contributed by atoms with Crippen LogP contribution in [0.3, 0.4) is 0 Å². The summed E-state index contributed by atoms with van der Waals surface area (Å²) in [6, 6.07) is 10.3. The van der Waals surface area contributed by atoms with Crippen LogP contribution in [0.1, 0.15) is 43.2 Å². The largest absolute Gasteiger partial charge is 0.490 e. The zero-order valence-corrected chi connectivity index (χ0v) is 20.9. The minimum Gasteiger partial charge on any atom is -0.490 e. The SMILES string of the molecule is CCNC(=NCc1ccccc1OC1CCC1)N1CCN(Cc2cc(C)on2)CC1.I. The molecule has 0 radical (unpaired) electrons. The van der Waals surface area contributed by atoms with Gasteiger partial charge in [-0.25, -0.2) is 4.99 Å². The van der Waals surface area contributed by atoms with Crippen LogP contribution in [0.2, 0.25) is 0 Å². The fourth-order valence-corrected chi connectivity index (χ4v) is 3.84. The van der Waals surface area contributed by atoms with Crippen molar-refractivity contribution in [3.05, 3.63) is 47.3 Å². The van der Waals surface area contributed by atoms with Gasteiger partial charge in [-0.05, 0) is 39.2 Å². The van der Waals surface area contributed by atoms with E-state index in [1.807, 2.05) is 19.1 Å². The highest BCUT2D eigenvalue weighted by molar-refractivity contribution is 14.0. The first-order chi connectivity index (χ1) is 14.7. The third-order valence-corrected chi connectivity index (χ3v) is 5.79. The van der Waals surface area contributed by atoms with Gasteiger partial charge < -0.3 is 19.5 Å². The van der Waals surface area contributed by atoms with E-state index < -0.39 is 0 Å². The monoisotopic (exact) mass is 539 g/mol. The van der Waals surface area contributed by atoms with Crippen molar-refractivity contribution in [1.29, 1.82) is 0 Å². The Morgan fingerprint density at radius 1 is 1.23 bits per heavy atom. The summed E-state index contributed by atoms with van der Waals surface area (Å²) >= 11 is 0. The van der Waals surface area contributed by atoms with Crippen LogP contribution < -0.4 is 10.1 Å². The van der Waals surface area contributed by atoms with Gasteiger partial charge in [-0.1, -0.05) is 23.4 Å². The second-order valence-corrected chi connectivity index (χ2v) is 8.14. The van der Waals surface area contributed by atoms with E-state index in [2.05, 4.69) is 45.4 Å². The standard InChI is InChI=1S/C23H33N5O2.HI/c1-3-24-23(25-16-19-7-4-5-10-22(19)29-21-8-6-9-21)28-13-11-27(12-14-28)17-20-15-18(2)30-26-20;/h4-5,7,10,15,21H,3,6,8-9,11-14,16-17H2,1-2H3,(H,24,25);1H. The van der Waals surface area contributed by atoms with Crippen molar-refractivity contribution in [2.45, 2.75) is 52.3 Å². The first kappa shape index (κ1) is 23.8. The fraction of sp³-hybridized carbons (Fsp3) is 0.565. The van der Waals surface area contributed by atoms with Gasteiger partial charge in [0.1, 0.15) is 11.5 Å². The number of nitrogens with one attached hydrogen (secondary N) is 1. The van der Waals surface area contributed by atoms with Crippen molar-refractivity contribution >= 4 is 29.9 Å². The molecule has 0 spiro atoms. The van der Waals surface area contributed by atoms with Gasteiger partial charge in [-0.2, -0.15) is 0 Å². The molecule has 2 aromatic rings. The summed E-state index contributed by atoms with van der Waals surface area (Å²) in [6.07, 6.45) is 3.99. The quantitative estimate of drug-likeness (QED) is 0.328. The lowest BCUT2D eigenvalue weighted by atomic mass is 9.96. The second kappa shape index (κ2) is 11.7. The molecule has 1 saturated heterocycles. The summed E-state index contributed by atoms with van der Waals surface area (Å²) in [5.41, 5.74) is 2.16. The summed E-state index contributed by atoms with van der Waals surface area (Å²) < 4.78 is 11.4. The lowest BCUT2D eigenvalue weighted by molar-refractivity contribution is 0.119. The van der Waals surface area contributed by atoms with Crippen molar-refractivity contribution in [2.75, 3.05) is 32.7 Å². The highest BCUT2D eigenvalue weighted by Crippen LogP contribution is 2.28. The van der Waals surface area contributed by atoms with E-state index in [1.54, 1.807) is 0 Å². The van der Waals surface area contributed by atoms with Crippen LogP contribution in [0.4, 0.5) is 0 Å². The molecule has 0 atom stereocenters. The average Bonchev–Trinajstić information content (AvgIpc) is 3.14. The number of hydrogen-bond donors (Lipinski definition) is 1. The van der Waals surface area contributed by atoms with Crippen LogP contribution in [0.5, 0.6) is 5.75 Å². The Labute approximate surface area is 202 Å². The molecule has 0 unspecified atom stereocenters. The number of hydrogen-bond acceptors (Lipinski definition) is 5. The molecule has 4 rings (SSSR count). The Balaban J connectivity index is 0.00000272. The maximum absolute atomic E-state index is 6.17. The van der Waals surface area contributed by atoms with Crippen LogP contribution in [0, 0.1) is 6.92 Å². The molecule has 2 heterocycles. The van der Waals surface area contributed by atoms with Crippen LogP contribution in [-0.2, 0) is 13.1 Å². The van der Waals surface area contributed by atoms with E-state index in [0.717, 1.165) is 68.0 Å². The highest BCUT2D eigenvalue weighted by Gasteiger charge is 2.22. The molecule has 1 N–H and O–H groups in total. The zero-order valence-electron chi connectivity index (χ0n) is 18.5. The number of guanidine groups is 1. The minimum absolute atomic E-state index is 0. The molecule has 8 heteroatoms. The molecule has 7 nitrogen and oxygen atoms in total. The number of aliphatic imine (C=N–C) groups is 1. The molecule has 0 amide bonds. The van der Waals surface area contributed by atoms with E-state index >= 15 is 0 Å². The zero-order chi connectivity index (χ0) is 20.8. The van der Waals surface area contributed by atoms with Crippen LogP contribution in [-0.4, -0.2) is 59.7 Å². The lowest BCUT2D eigenvalue weighted by Crippen LogP contribution is -2.52. The number of aryl methyl sites for hydroxylation is 1. The normalized spacial score (nSPS) is 17.7. The number of aromatic nitrogens is 1. The van der Waals surface area contributed by atoms with Gasteiger partial charge in [0.15, 0.2) is 5.96 Å². The topological polar surface area (TPSA) is 66.1 Å². The summed E-state index contributed by atoms with van der Waals surface area (Å²) in [7, 11) is 0. The number of rotatable bonds is 7. The Morgan fingerprint density at radius 3 is 2.65 bits per heavy atom.